The van der Waals surface area contributed by atoms with E-state index in [9.17, 15) is 9.59 Å². The molecular formula is C15H20O2. The molecule has 0 heterocycles. The highest BCUT2D eigenvalue weighted by Crippen LogP contribution is 2.10. The summed E-state index contributed by atoms with van der Waals surface area (Å²) < 4.78 is 0. The SMILES string of the molecule is CC(=O)[C@H](C)CC(=O)CCc1ccc(C)cc1. The lowest BCUT2D eigenvalue weighted by Gasteiger charge is -2.06. The predicted octanol–water partition coefficient (Wildman–Crippen LogP) is 3.11. The zero-order valence-electron chi connectivity index (χ0n) is 10.8. The van der Waals surface area contributed by atoms with Gasteiger partial charge in [-0.2, -0.15) is 0 Å². The molecule has 0 bridgehead atoms. The highest BCUT2D eigenvalue weighted by molar-refractivity contribution is 5.86. The Bertz CT molecular complexity index is 390. The van der Waals surface area contributed by atoms with Gasteiger partial charge in [0.25, 0.3) is 0 Å². The molecule has 0 aliphatic carbocycles. The van der Waals surface area contributed by atoms with Gasteiger partial charge in [-0.1, -0.05) is 36.8 Å². The molecule has 1 rings (SSSR count). The van der Waals surface area contributed by atoms with Gasteiger partial charge in [0.15, 0.2) is 0 Å². The van der Waals surface area contributed by atoms with Gasteiger partial charge in [0.1, 0.15) is 11.6 Å². The standard InChI is InChI=1S/C15H20O2/c1-11-4-6-14(7-5-11)8-9-15(17)10-12(2)13(3)16/h4-7,12H,8-10H2,1-3H3/t12-/m1/s1. The Kier molecular flexibility index (Phi) is 5.08. The van der Waals surface area contributed by atoms with E-state index in [1.807, 2.05) is 13.8 Å². The van der Waals surface area contributed by atoms with Crippen LogP contribution in [0.25, 0.3) is 0 Å². The average Bonchev–Trinajstić information content (AvgIpc) is 2.28. The second-order valence-corrected chi connectivity index (χ2v) is 4.74. The molecule has 0 aliphatic rings. The van der Waals surface area contributed by atoms with Gasteiger partial charge in [0, 0.05) is 18.8 Å². The lowest BCUT2D eigenvalue weighted by Crippen LogP contribution is -2.12. The zero-order chi connectivity index (χ0) is 12.8. The van der Waals surface area contributed by atoms with Crippen LogP contribution in [0.2, 0.25) is 0 Å². The molecule has 2 heteroatoms. The first-order valence-corrected chi connectivity index (χ1v) is 6.06. The fraction of sp³-hybridized carbons (Fsp3) is 0.467. The van der Waals surface area contributed by atoms with Crippen LogP contribution >= 0.6 is 0 Å². The first-order valence-electron chi connectivity index (χ1n) is 6.06. The molecule has 0 saturated heterocycles. The molecule has 0 unspecified atom stereocenters. The Morgan fingerprint density at radius 1 is 1.18 bits per heavy atom. The minimum Gasteiger partial charge on any atom is -0.300 e. The Morgan fingerprint density at radius 3 is 2.29 bits per heavy atom. The number of aryl methyl sites for hydroxylation is 2. The van der Waals surface area contributed by atoms with E-state index in [0.717, 1.165) is 6.42 Å². The van der Waals surface area contributed by atoms with Gasteiger partial charge in [0.05, 0.1) is 0 Å². The van der Waals surface area contributed by atoms with Crippen LogP contribution in [0, 0.1) is 12.8 Å². The number of ketones is 2. The van der Waals surface area contributed by atoms with Gasteiger partial charge >= 0.3 is 0 Å². The Labute approximate surface area is 103 Å². The van der Waals surface area contributed by atoms with Crippen molar-refractivity contribution in [3.63, 3.8) is 0 Å². The summed E-state index contributed by atoms with van der Waals surface area (Å²) in [5.74, 6) is 0.127. The van der Waals surface area contributed by atoms with Gasteiger partial charge in [-0.05, 0) is 25.8 Å². The summed E-state index contributed by atoms with van der Waals surface area (Å²) >= 11 is 0. The van der Waals surface area contributed by atoms with Crippen LogP contribution in [0.1, 0.15) is 37.8 Å². The van der Waals surface area contributed by atoms with E-state index in [2.05, 4.69) is 24.3 Å². The third-order valence-corrected chi connectivity index (χ3v) is 3.04. The maximum atomic E-state index is 11.6. The van der Waals surface area contributed by atoms with E-state index in [1.54, 1.807) is 0 Å². The van der Waals surface area contributed by atoms with Crippen molar-refractivity contribution in [1.29, 1.82) is 0 Å². The maximum absolute atomic E-state index is 11.6. The summed E-state index contributed by atoms with van der Waals surface area (Å²) in [4.78, 5) is 22.7. The molecule has 1 aromatic carbocycles. The van der Waals surface area contributed by atoms with Crippen molar-refractivity contribution in [2.24, 2.45) is 5.92 Å². The van der Waals surface area contributed by atoms with Gasteiger partial charge in [-0.25, -0.2) is 0 Å². The predicted molar refractivity (Wildman–Crippen MR) is 69.0 cm³/mol. The highest BCUT2D eigenvalue weighted by atomic mass is 16.1. The number of carbonyl (C=O) groups excluding carboxylic acids is 2. The quantitative estimate of drug-likeness (QED) is 0.755. The molecule has 0 amide bonds. The lowest BCUT2D eigenvalue weighted by atomic mass is 9.97. The zero-order valence-corrected chi connectivity index (χ0v) is 10.8. The van der Waals surface area contributed by atoms with Crippen molar-refractivity contribution in [3.05, 3.63) is 35.4 Å². The molecular weight excluding hydrogens is 212 g/mol. The van der Waals surface area contributed by atoms with Crippen molar-refractivity contribution in [2.75, 3.05) is 0 Å². The van der Waals surface area contributed by atoms with Crippen LogP contribution in [0.5, 0.6) is 0 Å². The van der Waals surface area contributed by atoms with Crippen molar-refractivity contribution >= 4 is 11.6 Å². The summed E-state index contributed by atoms with van der Waals surface area (Å²) in [5.41, 5.74) is 2.41. The monoisotopic (exact) mass is 232 g/mol. The fourth-order valence-electron chi connectivity index (χ4n) is 1.63. The molecule has 0 aliphatic heterocycles. The highest BCUT2D eigenvalue weighted by Gasteiger charge is 2.12. The summed E-state index contributed by atoms with van der Waals surface area (Å²) in [6.45, 7) is 5.40. The van der Waals surface area contributed by atoms with Gasteiger partial charge in [-0.15, -0.1) is 0 Å². The van der Waals surface area contributed by atoms with Crippen LogP contribution in [0.4, 0.5) is 0 Å². The molecule has 0 radical (unpaired) electrons. The van der Waals surface area contributed by atoms with E-state index in [0.29, 0.717) is 12.8 Å². The number of Topliss-reactive ketones (excluding diaryl/α,β-unsaturated/α-hetero) is 2. The number of hydrogen-bond acceptors (Lipinski definition) is 2. The number of rotatable bonds is 6. The molecule has 17 heavy (non-hydrogen) atoms. The molecule has 0 N–H and O–H groups in total. The van der Waals surface area contributed by atoms with E-state index in [-0.39, 0.29) is 17.5 Å². The van der Waals surface area contributed by atoms with Gasteiger partial charge in [0.2, 0.25) is 0 Å². The van der Waals surface area contributed by atoms with Crippen LogP contribution in [0.15, 0.2) is 24.3 Å². The summed E-state index contributed by atoms with van der Waals surface area (Å²) in [5, 5.41) is 0. The van der Waals surface area contributed by atoms with Gasteiger partial charge < -0.3 is 0 Å². The van der Waals surface area contributed by atoms with Crippen LogP contribution < -0.4 is 0 Å². The molecule has 0 aromatic heterocycles. The first-order chi connectivity index (χ1) is 7.99. The lowest BCUT2D eigenvalue weighted by molar-refractivity contribution is -0.126. The van der Waals surface area contributed by atoms with Crippen molar-refractivity contribution in [2.45, 2.75) is 40.0 Å². The Hall–Kier alpha value is -1.44. The van der Waals surface area contributed by atoms with Gasteiger partial charge in [-0.3, -0.25) is 9.59 Å². The number of hydrogen-bond donors (Lipinski definition) is 0. The normalized spacial score (nSPS) is 12.2. The van der Waals surface area contributed by atoms with Crippen molar-refractivity contribution in [3.8, 4) is 0 Å². The number of benzene rings is 1. The maximum Gasteiger partial charge on any atom is 0.133 e. The van der Waals surface area contributed by atoms with E-state index in [1.165, 1.54) is 18.1 Å². The third-order valence-electron chi connectivity index (χ3n) is 3.04. The molecule has 0 spiro atoms. The topological polar surface area (TPSA) is 34.1 Å². The Morgan fingerprint density at radius 2 is 1.76 bits per heavy atom. The molecule has 1 aromatic rings. The largest absolute Gasteiger partial charge is 0.300 e. The fourth-order valence-corrected chi connectivity index (χ4v) is 1.63. The first kappa shape index (κ1) is 13.6. The minimum absolute atomic E-state index is 0.0914. The van der Waals surface area contributed by atoms with Crippen LogP contribution in [-0.2, 0) is 16.0 Å². The smallest absolute Gasteiger partial charge is 0.133 e. The summed E-state index contributed by atoms with van der Waals surface area (Å²) in [6.07, 6.45) is 1.67. The molecule has 0 saturated carbocycles. The van der Waals surface area contributed by atoms with E-state index in [4.69, 9.17) is 0 Å². The second-order valence-electron chi connectivity index (χ2n) is 4.74. The summed E-state index contributed by atoms with van der Waals surface area (Å²) in [7, 11) is 0. The van der Waals surface area contributed by atoms with Crippen LogP contribution in [-0.4, -0.2) is 11.6 Å². The van der Waals surface area contributed by atoms with Crippen molar-refractivity contribution < 1.29 is 9.59 Å². The number of carbonyl (C=O) groups is 2. The second kappa shape index (κ2) is 6.33. The van der Waals surface area contributed by atoms with Crippen molar-refractivity contribution in [1.82, 2.24) is 0 Å². The van der Waals surface area contributed by atoms with Crippen LogP contribution in [0.3, 0.4) is 0 Å². The average molecular weight is 232 g/mol. The molecule has 1 atom stereocenters. The molecule has 92 valence electrons. The minimum atomic E-state index is -0.138. The third kappa shape index (κ3) is 4.94. The Balaban J connectivity index is 2.38. The van der Waals surface area contributed by atoms with E-state index >= 15 is 0 Å². The molecule has 2 nitrogen and oxygen atoms in total. The summed E-state index contributed by atoms with van der Waals surface area (Å²) in [6, 6.07) is 8.21. The molecule has 0 fully saturated rings. The van der Waals surface area contributed by atoms with E-state index < -0.39 is 0 Å².